The number of hydrogen-bond donors (Lipinski definition) is 2. The summed E-state index contributed by atoms with van der Waals surface area (Å²) >= 11 is 0. The van der Waals surface area contributed by atoms with Gasteiger partial charge in [-0.2, -0.15) is 0 Å². The number of aryl methyl sites for hydroxylation is 1. The highest BCUT2D eigenvalue weighted by Gasteiger charge is 2.15. The van der Waals surface area contributed by atoms with Gasteiger partial charge in [-0.1, -0.05) is 43.3 Å². The Labute approximate surface area is 135 Å². The molecule has 0 saturated carbocycles. The molecule has 23 heavy (non-hydrogen) atoms. The van der Waals surface area contributed by atoms with Crippen LogP contribution in [0.25, 0.3) is 22.3 Å². The summed E-state index contributed by atoms with van der Waals surface area (Å²) in [6.07, 6.45) is 0.649. The lowest BCUT2D eigenvalue weighted by atomic mass is 9.91. The van der Waals surface area contributed by atoms with E-state index in [0.717, 1.165) is 16.7 Å². The van der Waals surface area contributed by atoms with Crippen LogP contribution in [-0.4, -0.2) is 0 Å². The Kier molecular flexibility index (Phi) is 4.02. The van der Waals surface area contributed by atoms with E-state index in [0.29, 0.717) is 28.9 Å². The predicted molar refractivity (Wildman–Crippen MR) is 95.5 cm³/mol. The molecule has 0 aliphatic rings. The van der Waals surface area contributed by atoms with E-state index >= 15 is 4.39 Å². The molecule has 2 nitrogen and oxygen atoms in total. The van der Waals surface area contributed by atoms with Crippen molar-refractivity contribution in [2.75, 3.05) is 11.5 Å². The summed E-state index contributed by atoms with van der Waals surface area (Å²) in [5, 5.41) is 0. The lowest BCUT2D eigenvalue weighted by Crippen LogP contribution is -1.96. The largest absolute Gasteiger partial charge is 0.399 e. The Morgan fingerprint density at radius 3 is 1.78 bits per heavy atom. The molecule has 0 fully saturated rings. The molecule has 0 aromatic heterocycles. The lowest BCUT2D eigenvalue weighted by molar-refractivity contribution is 0.616. The van der Waals surface area contributed by atoms with Crippen LogP contribution in [0.4, 0.5) is 15.8 Å². The first-order valence-electron chi connectivity index (χ1n) is 7.63. The maximum absolute atomic E-state index is 15.0. The fraction of sp³-hybridized carbons (Fsp3) is 0.100. The molecule has 0 bridgehead atoms. The zero-order valence-electron chi connectivity index (χ0n) is 13.0. The molecule has 0 amide bonds. The Hall–Kier alpha value is -2.81. The highest BCUT2D eigenvalue weighted by molar-refractivity contribution is 5.85. The number of nitrogens with two attached hydrogens (primary N) is 2. The molecule has 3 aromatic carbocycles. The minimum atomic E-state index is -0.174. The second-order valence-corrected chi connectivity index (χ2v) is 5.56. The number of rotatable bonds is 3. The summed E-state index contributed by atoms with van der Waals surface area (Å²) in [7, 11) is 0. The second kappa shape index (κ2) is 6.13. The van der Waals surface area contributed by atoms with Gasteiger partial charge in [0, 0.05) is 16.9 Å². The highest BCUT2D eigenvalue weighted by atomic mass is 19.1. The Morgan fingerprint density at radius 1 is 0.739 bits per heavy atom. The van der Waals surface area contributed by atoms with Gasteiger partial charge in [-0.15, -0.1) is 0 Å². The van der Waals surface area contributed by atoms with Gasteiger partial charge in [-0.25, -0.2) is 4.39 Å². The van der Waals surface area contributed by atoms with Gasteiger partial charge in [0.2, 0.25) is 0 Å². The fourth-order valence-electron chi connectivity index (χ4n) is 2.73. The lowest BCUT2D eigenvalue weighted by Gasteiger charge is -2.14. The first-order chi connectivity index (χ1) is 11.1. The summed E-state index contributed by atoms with van der Waals surface area (Å²) in [4.78, 5) is 0. The highest BCUT2D eigenvalue weighted by Crippen LogP contribution is 2.36. The summed E-state index contributed by atoms with van der Waals surface area (Å²) < 4.78 is 15.0. The minimum Gasteiger partial charge on any atom is -0.399 e. The first kappa shape index (κ1) is 15.1. The minimum absolute atomic E-state index is 0.174. The van der Waals surface area contributed by atoms with Gasteiger partial charge in [-0.05, 0) is 52.9 Å². The molecule has 0 heterocycles. The van der Waals surface area contributed by atoms with Crippen LogP contribution in [0, 0.1) is 5.82 Å². The molecule has 116 valence electrons. The molecule has 0 aliphatic heterocycles. The van der Waals surface area contributed by atoms with Crippen LogP contribution in [0.15, 0.2) is 60.7 Å². The van der Waals surface area contributed by atoms with Crippen LogP contribution >= 0.6 is 0 Å². The zero-order valence-corrected chi connectivity index (χ0v) is 13.0. The van der Waals surface area contributed by atoms with Crippen LogP contribution in [0.2, 0.25) is 0 Å². The molecule has 0 radical (unpaired) electrons. The van der Waals surface area contributed by atoms with Crippen LogP contribution in [0.5, 0.6) is 0 Å². The third-order valence-corrected chi connectivity index (χ3v) is 4.02. The third-order valence-electron chi connectivity index (χ3n) is 4.02. The molecule has 3 rings (SSSR count). The van der Waals surface area contributed by atoms with Crippen molar-refractivity contribution in [2.45, 2.75) is 13.3 Å². The fourth-order valence-corrected chi connectivity index (χ4v) is 2.73. The van der Waals surface area contributed by atoms with Gasteiger partial charge in [0.15, 0.2) is 0 Å². The normalized spacial score (nSPS) is 10.7. The van der Waals surface area contributed by atoms with Crippen LogP contribution in [0.3, 0.4) is 0 Å². The quantitative estimate of drug-likeness (QED) is 0.677. The van der Waals surface area contributed by atoms with Crippen molar-refractivity contribution in [2.24, 2.45) is 0 Å². The van der Waals surface area contributed by atoms with E-state index < -0.39 is 0 Å². The Morgan fingerprint density at radius 2 is 1.26 bits per heavy atom. The van der Waals surface area contributed by atoms with Crippen molar-refractivity contribution < 1.29 is 4.39 Å². The van der Waals surface area contributed by atoms with Gasteiger partial charge >= 0.3 is 0 Å². The van der Waals surface area contributed by atoms with Crippen LogP contribution in [-0.2, 0) is 6.42 Å². The van der Waals surface area contributed by atoms with Crippen molar-refractivity contribution in [1.82, 2.24) is 0 Å². The summed E-state index contributed by atoms with van der Waals surface area (Å²) in [5.74, 6) is -0.174. The molecule has 3 heteroatoms. The smallest absolute Gasteiger partial charge is 0.134 e. The predicted octanol–water partition coefficient (Wildman–Crippen LogP) is 4.89. The Bertz CT molecular complexity index is 822. The second-order valence-electron chi connectivity index (χ2n) is 5.56. The number of anilines is 2. The Balaban J connectivity index is 2.25. The average molecular weight is 306 g/mol. The molecular formula is C20H19FN2. The van der Waals surface area contributed by atoms with E-state index in [1.165, 1.54) is 0 Å². The van der Waals surface area contributed by atoms with Crippen molar-refractivity contribution in [3.05, 3.63) is 72.0 Å². The monoisotopic (exact) mass is 306 g/mol. The maximum Gasteiger partial charge on any atom is 0.134 e. The molecule has 0 atom stereocenters. The van der Waals surface area contributed by atoms with Crippen LogP contribution < -0.4 is 11.5 Å². The van der Waals surface area contributed by atoms with E-state index in [1.807, 2.05) is 55.5 Å². The van der Waals surface area contributed by atoms with Gasteiger partial charge in [0.1, 0.15) is 5.82 Å². The number of benzene rings is 3. The topological polar surface area (TPSA) is 52.0 Å². The van der Waals surface area contributed by atoms with E-state index in [2.05, 4.69) is 0 Å². The number of halogens is 1. The van der Waals surface area contributed by atoms with E-state index in [1.54, 1.807) is 12.1 Å². The molecule has 0 saturated heterocycles. The van der Waals surface area contributed by atoms with Crippen molar-refractivity contribution in [1.29, 1.82) is 0 Å². The summed E-state index contributed by atoms with van der Waals surface area (Å²) in [6, 6.07) is 18.6. The van der Waals surface area contributed by atoms with E-state index in [-0.39, 0.29) is 5.82 Å². The summed E-state index contributed by atoms with van der Waals surface area (Å²) in [5.41, 5.74) is 16.8. The number of hydrogen-bond acceptors (Lipinski definition) is 2. The van der Waals surface area contributed by atoms with Crippen molar-refractivity contribution in [3.63, 3.8) is 0 Å². The van der Waals surface area contributed by atoms with Crippen LogP contribution in [0.1, 0.15) is 12.5 Å². The third kappa shape index (κ3) is 2.90. The SMILES string of the molecule is CCc1ccc(-c2ccc(N)cc2)c(-c2ccc(N)cc2)c1F. The number of nitrogen functional groups attached to an aromatic ring is 2. The van der Waals surface area contributed by atoms with Gasteiger partial charge in [0.25, 0.3) is 0 Å². The van der Waals surface area contributed by atoms with E-state index in [9.17, 15) is 0 Å². The average Bonchev–Trinajstić information content (AvgIpc) is 2.56. The molecule has 4 N–H and O–H groups in total. The molecule has 0 aliphatic carbocycles. The molecule has 0 unspecified atom stereocenters. The van der Waals surface area contributed by atoms with Crippen molar-refractivity contribution in [3.8, 4) is 22.3 Å². The summed E-state index contributed by atoms with van der Waals surface area (Å²) in [6.45, 7) is 1.95. The molecule has 0 spiro atoms. The van der Waals surface area contributed by atoms with Crippen molar-refractivity contribution >= 4 is 11.4 Å². The van der Waals surface area contributed by atoms with E-state index in [4.69, 9.17) is 11.5 Å². The van der Waals surface area contributed by atoms with Gasteiger partial charge < -0.3 is 11.5 Å². The van der Waals surface area contributed by atoms with Gasteiger partial charge in [-0.3, -0.25) is 0 Å². The molecular weight excluding hydrogens is 287 g/mol. The first-order valence-corrected chi connectivity index (χ1v) is 7.63. The standard InChI is InChI=1S/C20H19FN2/c1-2-13-7-12-18(14-3-8-16(22)9-4-14)19(20(13)21)15-5-10-17(23)11-6-15/h3-12H,2,22-23H2,1H3. The maximum atomic E-state index is 15.0. The molecule has 3 aromatic rings. The van der Waals surface area contributed by atoms with Gasteiger partial charge in [0.05, 0.1) is 0 Å². The zero-order chi connectivity index (χ0) is 16.4.